The Morgan fingerprint density at radius 3 is 2.68 bits per heavy atom. The topological polar surface area (TPSA) is 52.6 Å². The van der Waals surface area contributed by atoms with Gasteiger partial charge < -0.3 is 15.3 Å². The molecule has 4 nitrogen and oxygen atoms in total. The van der Waals surface area contributed by atoms with E-state index in [9.17, 15) is 9.90 Å². The lowest BCUT2D eigenvalue weighted by atomic mass is 9.95. The van der Waals surface area contributed by atoms with Crippen LogP contribution in [0.25, 0.3) is 0 Å². The molecule has 1 aliphatic heterocycles. The molecule has 2 N–H and O–H groups in total. The van der Waals surface area contributed by atoms with Crippen LogP contribution >= 0.6 is 0 Å². The number of hydrogen-bond donors (Lipinski definition) is 2. The maximum Gasteiger partial charge on any atom is 0.323 e. The van der Waals surface area contributed by atoms with Crippen LogP contribution < -0.4 is 5.32 Å². The molecule has 19 heavy (non-hydrogen) atoms. The molecule has 1 heterocycles. The molecule has 0 aromatic carbocycles. The second-order valence-electron chi connectivity index (χ2n) is 6.41. The maximum absolute atomic E-state index is 11.4. The number of carboxylic acids is 1. The summed E-state index contributed by atoms with van der Waals surface area (Å²) in [4.78, 5) is 13.8. The van der Waals surface area contributed by atoms with Crippen molar-refractivity contribution in [2.75, 3.05) is 26.2 Å². The summed E-state index contributed by atoms with van der Waals surface area (Å²) >= 11 is 0. The second kappa shape index (κ2) is 7.25. The van der Waals surface area contributed by atoms with Crippen LogP contribution in [0.2, 0.25) is 0 Å². The van der Waals surface area contributed by atoms with Crippen LogP contribution in [0.1, 0.15) is 47.0 Å². The van der Waals surface area contributed by atoms with Crippen LogP contribution in [-0.2, 0) is 4.79 Å². The average molecular weight is 270 g/mol. The van der Waals surface area contributed by atoms with Gasteiger partial charge in [-0.15, -0.1) is 0 Å². The van der Waals surface area contributed by atoms with Crippen molar-refractivity contribution in [1.29, 1.82) is 0 Å². The number of hydrogen-bond acceptors (Lipinski definition) is 3. The molecule has 1 saturated heterocycles. The van der Waals surface area contributed by atoms with Gasteiger partial charge in [0.15, 0.2) is 0 Å². The standard InChI is InChI=1S/C15H30N2O2/c1-5-8-16-15(4,14(18)19)7-10-17-9-6-13(11-17)12(2)3/h12-13,16H,5-11H2,1-4H3,(H,18,19). The van der Waals surface area contributed by atoms with E-state index < -0.39 is 11.5 Å². The Morgan fingerprint density at radius 2 is 2.21 bits per heavy atom. The molecule has 1 fully saturated rings. The van der Waals surface area contributed by atoms with Crippen molar-refractivity contribution in [3.63, 3.8) is 0 Å². The minimum Gasteiger partial charge on any atom is -0.480 e. The number of rotatable bonds is 8. The Bertz CT molecular complexity index is 294. The van der Waals surface area contributed by atoms with E-state index >= 15 is 0 Å². The molecule has 0 aromatic rings. The predicted molar refractivity (Wildman–Crippen MR) is 78.3 cm³/mol. The van der Waals surface area contributed by atoms with E-state index in [-0.39, 0.29) is 0 Å². The molecule has 1 aliphatic rings. The predicted octanol–water partition coefficient (Wildman–Crippen LogP) is 2.20. The van der Waals surface area contributed by atoms with E-state index in [1.807, 2.05) is 0 Å². The number of carboxylic acid groups (broad SMARTS) is 1. The fraction of sp³-hybridized carbons (Fsp3) is 0.933. The summed E-state index contributed by atoms with van der Waals surface area (Å²) < 4.78 is 0. The quantitative estimate of drug-likeness (QED) is 0.710. The first-order chi connectivity index (χ1) is 8.89. The van der Waals surface area contributed by atoms with Crippen molar-refractivity contribution in [2.45, 2.75) is 52.5 Å². The van der Waals surface area contributed by atoms with Crippen LogP contribution in [0.3, 0.4) is 0 Å². The third kappa shape index (κ3) is 4.77. The Balaban J connectivity index is 2.42. The Kier molecular flexibility index (Phi) is 6.27. The highest BCUT2D eigenvalue weighted by Gasteiger charge is 2.33. The van der Waals surface area contributed by atoms with Crippen LogP contribution in [-0.4, -0.2) is 47.7 Å². The molecule has 0 saturated carbocycles. The third-order valence-corrected chi connectivity index (χ3v) is 4.42. The van der Waals surface area contributed by atoms with Crippen LogP contribution in [0.5, 0.6) is 0 Å². The molecular weight excluding hydrogens is 240 g/mol. The maximum atomic E-state index is 11.4. The fourth-order valence-electron chi connectivity index (χ4n) is 2.66. The first-order valence-electron chi connectivity index (χ1n) is 7.60. The highest BCUT2D eigenvalue weighted by atomic mass is 16.4. The van der Waals surface area contributed by atoms with Crippen molar-refractivity contribution in [2.24, 2.45) is 11.8 Å². The lowest BCUT2D eigenvalue weighted by Gasteiger charge is -2.28. The molecule has 0 bridgehead atoms. The zero-order valence-electron chi connectivity index (χ0n) is 12.9. The Hall–Kier alpha value is -0.610. The third-order valence-electron chi connectivity index (χ3n) is 4.42. The summed E-state index contributed by atoms with van der Waals surface area (Å²) in [7, 11) is 0. The van der Waals surface area contributed by atoms with E-state index in [1.54, 1.807) is 6.92 Å². The highest BCUT2D eigenvalue weighted by molar-refractivity contribution is 5.78. The van der Waals surface area contributed by atoms with Gasteiger partial charge in [0.05, 0.1) is 0 Å². The molecule has 0 radical (unpaired) electrons. The summed E-state index contributed by atoms with van der Waals surface area (Å²) in [6.45, 7) is 12.3. The van der Waals surface area contributed by atoms with Gasteiger partial charge >= 0.3 is 5.97 Å². The lowest BCUT2D eigenvalue weighted by molar-refractivity contribution is -0.144. The molecule has 2 atom stereocenters. The van der Waals surface area contributed by atoms with E-state index in [1.165, 1.54) is 6.42 Å². The minimum absolute atomic E-state index is 0.674. The monoisotopic (exact) mass is 270 g/mol. The minimum atomic E-state index is -0.786. The summed E-state index contributed by atoms with van der Waals surface area (Å²) in [5.41, 5.74) is -0.786. The summed E-state index contributed by atoms with van der Waals surface area (Å²) in [5.74, 6) is 0.773. The average Bonchev–Trinajstić information content (AvgIpc) is 2.82. The zero-order valence-corrected chi connectivity index (χ0v) is 12.9. The van der Waals surface area contributed by atoms with Crippen molar-refractivity contribution < 1.29 is 9.90 Å². The summed E-state index contributed by atoms with van der Waals surface area (Å²) in [5, 5.41) is 12.6. The van der Waals surface area contributed by atoms with Gasteiger partial charge in [-0.1, -0.05) is 20.8 Å². The van der Waals surface area contributed by atoms with Crippen LogP contribution in [0, 0.1) is 11.8 Å². The molecule has 2 unspecified atom stereocenters. The second-order valence-corrected chi connectivity index (χ2v) is 6.41. The summed E-state index contributed by atoms with van der Waals surface area (Å²) in [6.07, 6.45) is 2.89. The van der Waals surface area contributed by atoms with E-state index in [0.717, 1.165) is 44.4 Å². The smallest absolute Gasteiger partial charge is 0.323 e. The van der Waals surface area contributed by atoms with Crippen molar-refractivity contribution in [1.82, 2.24) is 10.2 Å². The van der Waals surface area contributed by atoms with Gasteiger partial charge in [-0.3, -0.25) is 4.79 Å². The molecule has 0 amide bonds. The van der Waals surface area contributed by atoms with Gasteiger partial charge in [0.2, 0.25) is 0 Å². The van der Waals surface area contributed by atoms with Crippen LogP contribution in [0.15, 0.2) is 0 Å². The zero-order chi connectivity index (χ0) is 14.5. The molecule has 0 spiro atoms. The number of likely N-dealkylation sites (tertiary alicyclic amines) is 1. The van der Waals surface area contributed by atoms with E-state index in [4.69, 9.17) is 0 Å². The largest absolute Gasteiger partial charge is 0.480 e. The number of aliphatic carboxylic acids is 1. The Labute approximate surface area is 117 Å². The van der Waals surface area contributed by atoms with Gasteiger partial charge in [0, 0.05) is 13.1 Å². The molecule has 112 valence electrons. The highest BCUT2D eigenvalue weighted by Crippen LogP contribution is 2.24. The van der Waals surface area contributed by atoms with E-state index in [0.29, 0.717) is 6.42 Å². The van der Waals surface area contributed by atoms with Crippen molar-refractivity contribution in [3.05, 3.63) is 0 Å². The fourth-order valence-corrected chi connectivity index (χ4v) is 2.66. The first-order valence-corrected chi connectivity index (χ1v) is 7.60. The molecule has 0 aliphatic carbocycles. The number of nitrogens with one attached hydrogen (secondary N) is 1. The van der Waals surface area contributed by atoms with Gasteiger partial charge in [0.25, 0.3) is 0 Å². The van der Waals surface area contributed by atoms with Gasteiger partial charge in [-0.05, 0) is 51.1 Å². The number of nitrogens with zero attached hydrogens (tertiary/aromatic N) is 1. The lowest BCUT2D eigenvalue weighted by Crippen LogP contribution is -2.51. The number of carbonyl (C=O) groups is 1. The summed E-state index contributed by atoms with van der Waals surface area (Å²) in [6, 6.07) is 0. The first kappa shape index (κ1) is 16.4. The molecule has 0 aromatic heterocycles. The van der Waals surface area contributed by atoms with Crippen molar-refractivity contribution >= 4 is 5.97 Å². The molecule has 1 rings (SSSR count). The van der Waals surface area contributed by atoms with E-state index in [2.05, 4.69) is 31.0 Å². The van der Waals surface area contributed by atoms with Gasteiger partial charge in [-0.2, -0.15) is 0 Å². The molecular formula is C15H30N2O2. The Morgan fingerprint density at radius 1 is 1.53 bits per heavy atom. The molecule has 4 heteroatoms. The van der Waals surface area contributed by atoms with Crippen LogP contribution in [0.4, 0.5) is 0 Å². The van der Waals surface area contributed by atoms with Gasteiger partial charge in [-0.25, -0.2) is 0 Å². The van der Waals surface area contributed by atoms with Gasteiger partial charge in [0.1, 0.15) is 5.54 Å². The normalized spacial score (nSPS) is 23.7. The van der Waals surface area contributed by atoms with Crippen molar-refractivity contribution in [3.8, 4) is 0 Å². The SMILES string of the molecule is CCCNC(C)(CCN1CCC(C(C)C)C1)C(=O)O.